The molecule has 4 nitrogen and oxygen atoms in total. The topological polar surface area (TPSA) is 55.1 Å². The van der Waals surface area contributed by atoms with Gasteiger partial charge in [0.15, 0.2) is 0 Å². The average Bonchev–Trinajstić information content (AvgIpc) is 3.18. The van der Waals surface area contributed by atoms with Crippen LogP contribution in [-0.4, -0.2) is 20.6 Å². The lowest BCUT2D eigenvalue weighted by atomic mass is 10.0. The average molecular weight is 409 g/mol. The molecule has 0 aliphatic carbocycles. The van der Waals surface area contributed by atoms with Crippen molar-refractivity contribution in [1.29, 1.82) is 0 Å². The number of carboxylic acid groups (broad SMARTS) is 1. The van der Waals surface area contributed by atoms with Gasteiger partial charge >= 0.3 is 5.97 Å². The Balaban J connectivity index is 2.12. The molecule has 3 aromatic rings. The summed E-state index contributed by atoms with van der Waals surface area (Å²) >= 11 is 13.5. The van der Waals surface area contributed by atoms with E-state index in [0.717, 1.165) is 22.6 Å². The molecule has 136 valence electrons. The van der Waals surface area contributed by atoms with Gasteiger partial charge in [0.2, 0.25) is 0 Å². The van der Waals surface area contributed by atoms with Crippen LogP contribution in [0.1, 0.15) is 35.5 Å². The summed E-state index contributed by atoms with van der Waals surface area (Å²) in [5, 5.41) is 13.4. The Kier molecular flexibility index (Phi) is 5.70. The van der Waals surface area contributed by atoms with Crippen molar-refractivity contribution in [2.75, 3.05) is 0 Å². The van der Waals surface area contributed by atoms with E-state index in [1.165, 1.54) is 11.3 Å². The van der Waals surface area contributed by atoms with Crippen LogP contribution in [0.3, 0.4) is 0 Å². The molecule has 3 rings (SSSR count). The molecule has 0 bridgehead atoms. The van der Waals surface area contributed by atoms with Gasteiger partial charge in [-0.05, 0) is 35.6 Å². The second-order valence-corrected chi connectivity index (χ2v) is 8.20. The van der Waals surface area contributed by atoms with Crippen LogP contribution in [0.15, 0.2) is 36.0 Å². The molecule has 0 aliphatic heterocycles. The van der Waals surface area contributed by atoms with Crippen molar-refractivity contribution in [3.8, 4) is 10.6 Å². The van der Waals surface area contributed by atoms with Crippen molar-refractivity contribution in [3.05, 3.63) is 62.8 Å². The van der Waals surface area contributed by atoms with Crippen LogP contribution in [-0.2, 0) is 13.0 Å². The zero-order chi connectivity index (χ0) is 18.8. The summed E-state index contributed by atoms with van der Waals surface area (Å²) in [5.41, 5.74) is 2.84. The number of hydrogen-bond acceptors (Lipinski definition) is 3. The van der Waals surface area contributed by atoms with E-state index in [4.69, 9.17) is 23.2 Å². The minimum Gasteiger partial charge on any atom is -0.477 e. The highest BCUT2D eigenvalue weighted by atomic mass is 35.5. The van der Waals surface area contributed by atoms with Gasteiger partial charge < -0.3 is 9.67 Å². The zero-order valence-corrected chi connectivity index (χ0v) is 16.7. The first kappa shape index (κ1) is 19.0. The van der Waals surface area contributed by atoms with E-state index in [1.807, 2.05) is 17.6 Å². The lowest BCUT2D eigenvalue weighted by Crippen LogP contribution is -2.10. The van der Waals surface area contributed by atoms with Crippen molar-refractivity contribution in [2.45, 2.75) is 26.8 Å². The van der Waals surface area contributed by atoms with Gasteiger partial charge in [0.05, 0.1) is 10.0 Å². The number of thiazole rings is 1. The zero-order valence-electron chi connectivity index (χ0n) is 14.4. The van der Waals surface area contributed by atoms with E-state index >= 15 is 0 Å². The highest BCUT2D eigenvalue weighted by molar-refractivity contribution is 7.13. The molecule has 1 aromatic carbocycles. The summed E-state index contributed by atoms with van der Waals surface area (Å²) in [5.74, 6) is -0.568. The maximum absolute atomic E-state index is 12.1. The fraction of sp³-hybridized carbons (Fsp3) is 0.263. The Morgan fingerprint density at radius 2 is 2.08 bits per heavy atom. The second-order valence-electron chi connectivity index (χ2n) is 6.49. The van der Waals surface area contributed by atoms with E-state index in [1.54, 1.807) is 22.9 Å². The lowest BCUT2D eigenvalue weighted by Gasteiger charge is -2.08. The Hall–Kier alpha value is -1.82. The van der Waals surface area contributed by atoms with Crippen molar-refractivity contribution in [2.24, 2.45) is 5.92 Å². The predicted molar refractivity (Wildman–Crippen MR) is 107 cm³/mol. The molecule has 26 heavy (non-hydrogen) atoms. The summed E-state index contributed by atoms with van der Waals surface area (Å²) in [4.78, 5) is 16.4. The monoisotopic (exact) mass is 408 g/mol. The quantitative estimate of drug-likeness (QED) is 0.555. The molecule has 0 saturated carbocycles. The van der Waals surface area contributed by atoms with Crippen molar-refractivity contribution in [1.82, 2.24) is 9.55 Å². The summed E-state index contributed by atoms with van der Waals surface area (Å²) < 4.78 is 1.76. The lowest BCUT2D eigenvalue weighted by molar-refractivity contribution is 0.0686. The van der Waals surface area contributed by atoms with Gasteiger partial charge in [-0.2, -0.15) is 0 Å². The molecule has 0 spiro atoms. The van der Waals surface area contributed by atoms with Gasteiger partial charge in [0.25, 0.3) is 0 Å². The molecule has 0 atom stereocenters. The third-order valence-electron chi connectivity index (χ3n) is 3.97. The fourth-order valence-electron chi connectivity index (χ4n) is 2.98. The Bertz CT molecular complexity index is 933. The predicted octanol–water partition coefficient (Wildman–Crippen LogP) is 5.86. The minimum atomic E-state index is -0.967. The molecule has 0 fully saturated rings. The van der Waals surface area contributed by atoms with Crippen LogP contribution in [0.4, 0.5) is 0 Å². The van der Waals surface area contributed by atoms with Gasteiger partial charge in [-0.25, -0.2) is 9.78 Å². The maximum atomic E-state index is 12.1. The largest absolute Gasteiger partial charge is 0.477 e. The number of carboxylic acids is 1. The Morgan fingerprint density at radius 3 is 2.65 bits per heavy atom. The molecule has 2 heterocycles. The first-order chi connectivity index (χ1) is 12.4. The molecular formula is C19H18Cl2N2O2S. The third-order valence-corrected chi connectivity index (χ3v) is 5.50. The molecule has 2 aromatic heterocycles. The van der Waals surface area contributed by atoms with Gasteiger partial charge in [-0.1, -0.05) is 43.1 Å². The molecular weight excluding hydrogens is 391 g/mol. The van der Waals surface area contributed by atoms with Gasteiger partial charge in [0, 0.05) is 29.9 Å². The smallest absolute Gasteiger partial charge is 0.353 e. The first-order valence-corrected chi connectivity index (χ1v) is 9.79. The molecule has 0 amide bonds. The van der Waals surface area contributed by atoms with E-state index in [9.17, 15) is 9.90 Å². The van der Waals surface area contributed by atoms with Crippen LogP contribution in [0.2, 0.25) is 10.0 Å². The summed E-state index contributed by atoms with van der Waals surface area (Å²) in [7, 11) is 0. The molecule has 0 saturated heterocycles. The second kappa shape index (κ2) is 7.82. The van der Waals surface area contributed by atoms with Crippen molar-refractivity contribution >= 4 is 40.5 Å². The fourth-order valence-corrected chi connectivity index (χ4v) is 4.02. The summed E-state index contributed by atoms with van der Waals surface area (Å²) in [6.45, 7) is 4.62. The standard InChI is InChI=1S/C19H18Cl2N2O2S/c1-11(2)7-13-10-23(9-12-3-4-14(20)15(21)8-12)17(19(24)25)16(13)18-22-5-6-26-18/h3-6,8,10-11H,7,9H2,1-2H3,(H,24,25). The molecule has 1 N–H and O–H groups in total. The van der Waals surface area contributed by atoms with Crippen molar-refractivity contribution in [3.63, 3.8) is 0 Å². The van der Waals surface area contributed by atoms with Gasteiger partial charge in [-0.15, -0.1) is 11.3 Å². The molecule has 7 heteroatoms. The van der Waals surface area contributed by atoms with Crippen LogP contribution >= 0.6 is 34.5 Å². The normalized spacial score (nSPS) is 11.3. The van der Waals surface area contributed by atoms with Crippen molar-refractivity contribution < 1.29 is 9.90 Å². The number of halogens is 2. The highest BCUT2D eigenvalue weighted by Crippen LogP contribution is 2.33. The number of benzene rings is 1. The third kappa shape index (κ3) is 3.95. The minimum absolute atomic E-state index is 0.252. The summed E-state index contributed by atoms with van der Waals surface area (Å²) in [6, 6.07) is 5.34. The van der Waals surface area contributed by atoms with Crippen LogP contribution in [0.25, 0.3) is 10.6 Å². The Labute approximate surface area is 166 Å². The number of aromatic carboxylic acids is 1. The number of carbonyl (C=O) groups is 1. The molecule has 0 aliphatic rings. The van der Waals surface area contributed by atoms with Gasteiger partial charge in [0.1, 0.15) is 10.7 Å². The van der Waals surface area contributed by atoms with Crippen LogP contribution in [0.5, 0.6) is 0 Å². The number of rotatable bonds is 6. The summed E-state index contributed by atoms with van der Waals surface area (Å²) in [6.07, 6.45) is 4.40. The number of aromatic nitrogens is 2. The first-order valence-electron chi connectivity index (χ1n) is 8.16. The van der Waals surface area contributed by atoms with Crippen LogP contribution in [0, 0.1) is 5.92 Å². The molecule has 0 radical (unpaired) electrons. The van der Waals surface area contributed by atoms with E-state index in [0.29, 0.717) is 28.1 Å². The van der Waals surface area contributed by atoms with Crippen LogP contribution < -0.4 is 0 Å². The number of hydrogen-bond donors (Lipinski definition) is 1. The Morgan fingerprint density at radius 1 is 1.31 bits per heavy atom. The molecule has 0 unspecified atom stereocenters. The highest BCUT2D eigenvalue weighted by Gasteiger charge is 2.24. The van der Waals surface area contributed by atoms with E-state index < -0.39 is 5.97 Å². The van der Waals surface area contributed by atoms with E-state index in [2.05, 4.69) is 18.8 Å². The number of nitrogens with zero attached hydrogens (tertiary/aromatic N) is 2. The van der Waals surface area contributed by atoms with E-state index in [-0.39, 0.29) is 5.69 Å². The SMILES string of the molecule is CC(C)Cc1cn(Cc2ccc(Cl)c(Cl)c2)c(C(=O)O)c1-c1nccs1. The van der Waals surface area contributed by atoms with Gasteiger partial charge in [-0.3, -0.25) is 0 Å². The maximum Gasteiger partial charge on any atom is 0.353 e.